The molecule has 3 rings (SSSR count). The lowest BCUT2D eigenvalue weighted by Gasteiger charge is -2.08. The van der Waals surface area contributed by atoms with Gasteiger partial charge in [0.15, 0.2) is 5.75 Å². The lowest BCUT2D eigenvalue weighted by atomic mass is 10.1. The minimum absolute atomic E-state index is 0.151. The number of nitrogens with zero attached hydrogens (tertiary/aromatic N) is 2. The summed E-state index contributed by atoms with van der Waals surface area (Å²) in [5.41, 5.74) is 5.25. The Hall–Kier alpha value is -3.06. The zero-order valence-corrected chi connectivity index (χ0v) is 15.5. The Balaban J connectivity index is 2.20. The van der Waals surface area contributed by atoms with Crippen molar-refractivity contribution in [2.24, 2.45) is 10.2 Å². The second-order valence-corrected chi connectivity index (χ2v) is 8.44. The normalized spacial score (nSPS) is 12.6. The van der Waals surface area contributed by atoms with Crippen LogP contribution in [0.15, 0.2) is 68.6 Å². The molecule has 0 unspecified atom stereocenters. The molecule has 3 aromatic carbocycles. The fourth-order valence-corrected chi connectivity index (χ4v) is 3.88. The van der Waals surface area contributed by atoms with Gasteiger partial charge in [0, 0.05) is 11.1 Å². The molecule has 3 aromatic rings. The Morgan fingerprint density at radius 3 is 2.07 bits per heavy atom. The number of aromatic hydroxyl groups is 1. The number of phenolic OH excluding ortho intramolecular Hbond substituents is 1. The van der Waals surface area contributed by atoms with E-state index in [1.54, 1.807) is 0 Å². The zero-order chi connectivity index (χ0) is 20.7. The summed E-state index contributed by atoms with van der Waals surface area (Å²) in [7, 11) is -9.24. The quantitative estimate of drug-likeness (QED) is 0.281. The molecule has 12 heteroatoms. The van der Waals surface area contributed by atoms with Crippen molar-refractivity contribution < 1.29 is 31.0 Å². The van der Waals surface area contributed by atoms with Gasteiger partial charge in [-0.2, -0.15) is 16.8 Å². The van der Waals surface area contributed by atoms with E-state index in [2.05, 4.69) is 10.2 Å². The Kier molecular flexibility index (Phi) is 4.81. The highest BCUT2D eigenvalue weighted by Gasteiger charge is 2.19. The minimum Gasteiger partial charge on any atom is -0.505 e. The first-order chi connectivity index (χ1) is 13.0. The van der Waals surface area contributed by atoms with Gasteiger partial charge in [0.05, 0.1) is 0 Å². The molecule has 0 aliphatic carbocycles. The lowest BCUT2D eigenvalue weighted by molar-refractivity contribution is 0.474. The van der Waals surface area contributed by atoms with Crippen LogP contribution in [0.1, 0.15) is 0 Å². The van der Waals surface area contributed by atoms with Crippen molar-refractivity contribution in [2.75, 3.05) is 5.73 Å². The fourth-order valence-electron chi connectivity index (χ4n) is 2.55. The molecule has 0 fully saturated rings. The summed E-state index contributed by atoms with van der Waals surface area (Å²) in [6.45, 7) is 0. The van der Waals surface area contributed by atoms with E-state index in [4.69, 9.17) is 5.73 Å². The number of rotatable bonds is 4. The molecular formula is C16H13N3O7S2. The molecule has 0 amide bonds. The summed E-state index contributed by atoms with van der Waals surface area (Å²) in [4.78, 5) is -1.08. The summed E-state index contributed by atoms with van der Waals surface area (Å²) < 4.78 is 64.6. The van der Waals surface area contributed by atoms with Gasteiger partial charge in [0.2, 0.25) is 0 Å². The maximum absolute atomic E-state index is 11.6. The van der Waals surface area contributed by atoms with Crippen molar-refractivity contribution in [1.29, 1.82) is 0 Å². The summed E-state index contributed by atoms with van der Waals surface area (Å²) >= 11 is 0. The van der Waals surface area contributed by atoms with Crippen LogP contribution in [0, 0.1) is 0 Å². The number of anilines is 1. The van der Waals surface area contributed by atoms with Crippen molar-refractivity contribution in [2.45, 2.75) is 9.79 Å². The van der Waals surface area contributed by atoms with Crippen LogP contribution in [0.4, 0.5) is 17.1 Å². The van der Waals surface area contributed by atoms with Gasteiger partial charge in [-0.25, -0.2) is 0 Å². The number of nitrogen functional groups attached to an aromatic ring is 1. The summed E-state index contributed by atoms with van der Waals surface area (Å²) in [6, 6.07) is 10.2. The first-order valence-electron chi connectivity index (χ1n) is 7.49. The van der Waals surface area contributed by atoms with Gasteiger partial charge in [-0.3, -0.25) is 9.11 Å². The Bertz CT molecular complexity index is 1330. The van der Waals surface area contributed by atoms with Gasteiger partial charge in [0.1, 0.15) is 21.2 Å². The van der Waals surface area contributed by atoms with Crippen molar-refractivity contribution in [3.8, 4) is 5.75 Å². The van der Waals surface area contributed by atoms with Gasteiger partial charge in [-0.05, 0) is 35.7 Å². The molecule has 0 aliphatic heterocycles. The number of nitrogens with two attached hydrogens (primary N) is 1. The molecule has 0 atom stereocenters. The highest BCUT2D eigenvalue weighted by molar-refractivity contribution is 7.86. The second kappa shape index (κ2) is 6.83. The standard InChI is InChI=1S/C16H13N3O7S2/c17-10-5-7-13(27(21,22)23)12(8-10)19-18-11-6-4-9-2-1-3-14(28(24,25)26)15(9)16(11)20/h1-8,20H,17H2,(H,21,22,23)(H,24,25,26). The molecule has 0 bridgehead atoms. The molecule has 0 saturated carbocycles. The molecule has 0 heterocycles. The van der Waals surface area contributed by atoms with Gasteiger partial charge in [-0.15, -0.1) is 10.2 Å². The van der Waals surface area contributed by atoms with Gasteiger partial charge in [0.25, 0.3) is 20.2 Å². The number of azo groups is 1. The van der Waals surface area contributed by atoms with Crippen LogP contribution in [0.2, 0.25) is 0 Å². The molecule has 28 heavy (non-hydrogen) atoms. The third kappa shape index (κ3) is 3.80. The summed E-state index contributed by atoms with van der Waals surface area (Å²) in [5.74, 6) is -0.591. The molecule has 146 valence electrons. The third-order valence-corrected chi connectivity index (χ3v) is 5.56. The van der Waals surface area contributed by atoms with Gasteiger partial charge in [-0.1, -0.05) is 18.2 Å². The van der Waals surface area contributed by atoms with E-state index >= 15 is 0 Å². The van der Waals surface area contributed by atoms with E-state index in [0.717, 1.165) is 18.2 Å². The van der Waals surface area contributed by atoms with Crippen LogP contribution in [0.25, 0.3) is 10.8 Å². The summed E-state index contributed by atoms with van der Waals surface area (Å²) in [5, 5.41) is 18.0. The average molecular weight is 423 g/mol. The smallest absolute Gasteiger partial charge is 0.296 e. The van der Waals surface area contributed by atoms with Crippen molar-refractivity contribution >= 4 is 48.1 Å². The maximum atomic E-state index is 11.6. The van der Waals surface area contributed by atoms with Crippen molar-refractivity contribution in [1.82, 2.24) is 0 Å². The first-order valence-corrected chi connectivity index (χ1v) is 10.4. The molecular weight excluding hydrogens is 410 g/mol. The molecule has 5 N–H and O–H groups in total. The number of fused-ring (bicyclic) bond motifs is 1. The molecule has 0 saturated heterocycles. The minimum atomic E-state index is -4.63. The third-order valence-electron chi connectivity index (χ3n) is 3.76. The van der Waals surface area contributed by atoms with Crippen LogP contribution in [0.5, 0.6) is 5.75 Å². The first kappa shape index (κ1) is 19.7. The Morgan fingerprint density at radius 2 is 1.43 bits per heavy atom. The molecule has 0 radical (unpaired) electrons. The van der Waals surface area contributed by atoms with Crippen molar-refractivity contribution in [3.63, 3.8) is 0 Å². The van der Waals surface area contributed by atoms with Crippen LogP contribution >= 0.6 is 0 Å². The predicted molar refractivity (Wildman–Crippen MR) is 100 cm³/mol. The van der Waals surface area contributed by atoms with Crippen molar-refractivity contribution in [3.05, 3.63) is 48.5 Å². The predicted octanol–water partition coefficient (Wildman–Crippen LogP) is 3.04. The van der Waals surface area contributed by atoms with Gasteiger partial charge >= 0.3 is 0 Å². The van der Waals surface area contributed by atoms with E-state index in [1.165, 1.54) is 30.3 Å². The van der Waals surface area contributed by atoms with E-state index in [9.17, 15) is 31.0 Å². The average Bonchev–Trinajstić information content (AvgIpc) is 2.59. The molecule has 10 nitrogen and oxygen atoms in total. The fraction of sp³-hybridized carbons (Fsp3) is 0. The topological polar surface area (TPSA) is 180 Å². The van der Waals surface area contributed by atoms with E-state index in [-0.39, 0.29) is 22.4 Å². The summed E-state index contributed by atoms with van der Waals surface area (Å²) in [6.07, 6.45) is 0. The molecule has 0 aromatic heterocycles. The monoisotopic (exact) mass is 423 g/mol. The van der Waals surface area contributed by atoms with E-state index in [0.29, 0.717) is 5.39 Å². The highest BCUT2D eigenvalue weighted by atomic mass is 32.2. The second-order valence-electron chi connectivity index (χ2n) is 5.66. The molecule has 0 spiro atoms. The maximum Gasteiger partial charge on any atom is 0.296 e. The lowest BCUT2D eigenvalue weighted by Crippen LogP contribution is -1.99. The van der Waals surface area contributed by atoms with Crippen LogP contribution in [-0.2, 0) is 20.2 Å². The van der Waals surface area contributed by atoms with Crippen LogP contribution < -0.4 is 5.73 Å². The largest absolute Gasteiger partial charge is 0.505 e. The molecule has 0 aliphatic rings. The Labute approximate surface area is 159 Å². The number of benzene rings is 3. The van der Waals surface area contributed by atoms with E-state index < -0.39 is 35.8 Å². The zero-order valence-electron chi connectivity index (χ0n) is 13.9. The van der Waals surface area contributed by atoms with E-state index in [1.807, 2.05) is 0 Å². The number of phenols is 1. The SMILES string of the molecule is Nc1ccc(S(=O)(=O)O)c(N=Nc2ccc3cccc(S(=O)(=O)O)c3c2O)c1. The number of hydrogen-bond acceptors (Lipinski definition) is 8. The van der Waals surface area contributed by atoms with Crippen LogP contribution in [0.3, 0.4) is 0 Å². The van der Waals surface area contributed by atoms with Gasteiger partial charge < -0.3 is 10.8 Å². The highest BCUT2D eigenvalue weighted by Crippen LogP contribution is 2.39. The van der Waals surface area contributed by atoms with Crippen LogP contribution in [-0.4, -0.2) is 31.0 Å². The Morgan fingerprint density at radius 1 is 0.786 bits per heavy atom. The number of hydrogen-bond donors (Lipinski definition) is 4.